The second kappa shape index (κ2) is 6.00. The fourth-order valence-electron chi connectivity index (χ4n) is 1.63. The van der Waals surface area contributed by atoms with Gasteiger partial charge in [0.2, 0.25) is 0 Å². The van der Waals surface area contributed by atoms with E-state index in [1.54, 1.807) is 0 Å². The van der Waals surface area contributed by atoms with Gasteiger partial charge in [0.25, 0.3) is 0 Å². The van der Waals surface area contributed by atoms with Crippen LogP contribution in [0, 0.1) is 11.7 Å². The molecular formula is C12H13FO5. The lowest BCUT2D eigenvalue weighted by Gasteiger charge is -2.13. The Balaban J connectivity index is 2.95. The molecule has 18 heavy (non-hydrogen) atoms. The maximum absolute atomic E-state index is 13.1. The summed E-state index contributed by atoms with van der Waals surface area (Å²) in [7, 11) is 1.38. The number of aliphatic carboxylic acids is 2. The van der Waals surface area contributed by atoms with Crippen LogP contribution < -0.4 is 4.74 Å². The minimum absolute atomic E-state index is 0.0947. The summed E-state index contributed by atoms with van der Waals surface area (Å²) in [5, 5.41) is 17.5. The van der Waals surface area contributed by atoms with Crippen molar-refractivity contribution in [2.24, 2.45) is 5.92 Å². The van der Waals surface area contributed by atoms with Gasteiger partial charge < -0.3 is 14.9 Å². The van der Waals surface area contributed by atoms with Crippen LogP contribution in [-0.2, 0) is 16.0 Å². The summed E-state index contributed by atoms with van der Waals surface area (Å²) in [4.78, 5) is 21.5. The molecule has 0 aliphatic rings. The molecule has 2 N–H and O–H groups in total. The van der Waals surface area contributed by atoms with E-state index in [0.29, 0.717) is 11.3 Å². The number of carboxylic acid groups (broad SMARTS) is 2. The Morgan fingerprint density at radius 3 is 2.56 bits per heavy atom. The van der Waals surface area contributed by atoms with Crippen LogP contribution in [0.1, 0.15) is 12.0 Å². The average Bonchev–Trinajstić information content (AvgIpc) is 2.27. The Morgan fingerprint density at radius 2 is 2.06 bits per heavy atom. The van der Waals surface area contributed by atoms with Gasteiger partial charge in [0.15, 0.2) is 0 Å². The van der Waals surface area contributed by atoms with Crippen LogP contribution in [-0.4, -0.2) is 29.3 Å². The van der Waals surface area contributed by atoms with Gasteiger partial charge in [0.1, 0.15) is 11.6 Å². The van der Waals surface area contributed by atoms with Gasteiger partial charge in [-0.2, -0.15) is 0 Å². The quantitative estimate of drug-likeness (QED) is 0.806. The van der Waals surface area contributed by atoms with Gasteiger partial charge in [-0.1, -0.05) is 0 Å². The average molecular weight is 256 g/mol. The maximum atomic E-state index is 13.1. The molecule has 0 saturated carbocycles. The van der Waals surface area contributed by atoms with Crippen molar-refractivity contribution in [2.45, 2.75) is 12.8 Å². The fourth-order valence-corrected chi connectivity index (χ4v) is 1.63. The van der Waals surface area contributed by atoms with Crippen molar-refractivity contribution in [1.82, 2.24) is 0 Å². The lowest BCUT2D eigenvalue weighted by molar-refractivity contribution is -0.148. The Bertz CT molecular complexity index is 458. The molecule has 1 aromatic rings. The summed E-state index contributed by atoms with van der Waals surface area (Å²) in [5.41, 5.74) is 0.339. The Hall–Kier alpha value is -2.11. The van der Waals surface area contributed by atoms with E-state index in [9.17, 15) is 14.0 Å². The molecule has 0 aliphatic heterocycles. The van der Waals surface area contributed by atoms with Gasteiger partial charge in [-0.05, 0) is 30.2 Å². The SMILES string of the molecule is COc1ccc(F)cc1CC(CC(=O)O)C(=O)O. The van der Waals surface area contributed by atoms with E-state index in [1.807, 2.05) is 0 Å². The van der Waals surface area contributed by atoms with Crippen molar-refractivity contribution in [1.29, 1.82) is 0 Å². The molecule has 1 unspecified atom stereocenters. The van der Waals surface area contributed by atoms with Gasteiger partial charge in [0.05, 0.1) is 19.4 Å². The number of rotatable bonds is 6. The van der Waals surface area contributed by atoms with Crippen molar-refractivity contribution < 1.29 is 28.9 Å². The number of methoxy groups -OCH3 is 1. The molecule has 6 heteroatoms. The molecule has 1 aromatic carbocycles. The third-order valence-corrected chi connectivity index (χ3v) is 2.48. The lowest BCUT2D eigenvalue weighted by Crippen LogP contribution is -2.20. The highest BCUT2D eigenvalue weighted by atomic mass is 19.1. The molecule has 1 rings (SSSR count). The van der Waals surface area contributed by atoms with Gasteiger partial charge in [0, 0.05) is 0 Å². The minimum atomic E-state index is -1.23. The van der Waals surface area contributed by atoms with E-state index in [2.05, 4.69) is 0 Å². The van der Waals surface area contributed by atoms with E-state index in [1.165, 1.54) is 19.2 Å². The van der Waals surface area contributed by atoms with Crippen LogP contribution in [0.4, 0.5) is 4.39 Å². The molecule has 0 radical (unpaired) electrons. The van der Waals surface area contributed by atoms with E-state index in [-0.39, 0.29) is 6.42 Å². The third kappa shape index (κ3) is 3.73. The largest absolute Gasteiger partial charge is 0.496 e. The van der Waals surface area contributed by atoms with E-state index >= 15 is 0 Å². The van der Waals surface area contributed by atoms with Crippen LogP contribution in [0.2, 0.25) is 0 Å². The van der Waals surface area contributed by atoms with E-state index in [4.69, 9.17) is 14.9 Å². The summed E-state index contributed by atoms with van der Waals surface area (Å²) in [6, 6.07) is 3.72. The fraction of sp³-hybridized carbons (Fsp3) is 0.333. The zero-order valence-electron chi connectivity index (χ0n) is 9.72. The van der Waals surface area contributed by atoms with Crippen LogP contribution in [0.15, 0.2) is 18.2 Å². The minimum Gasteiger partial charge on any atom is -0.496 e. The highest BCUT2D eigenvalue weighted by Gasteiger charge is 2.23. The van der Waals surface area contributed by atoms with Crippen LogP contribution >= 0.6 is 0 Å². The third-order valence-electron chi connectivity index (χ3n) is 2.48. The molecule has 0 saturated heterocycles. The van der Waals surface area contributed by atoms with Gasteiger partial charge in [-0.3, -0.25) is 9.59 Å². The van der Waals surface area contributed by atoms with Crippen molar-refractivity contribution >= 4 is 11.9 Å². The molecule has 0 aromatic heterocycles. The first-order chi connectivity index (χ1) is 8.43. The number of carbonyl (C=O) groups is 2. The molecule has 0 fully saturated rings. The summed E-state index contributed by atoms with van der Waals surface area (Å²) >= 11 is 0. The molecule has 0 spiro atoms. The second-order valence-corrected chi connectivity index (χ2v) is 3.79. The second-order valence-electron chi connectivity index (χ2n) is 3.79. The molecule has 0 bridgehead atoms. The monoisotopic (exact) mass is 256 g/mol. The normalized spacial score (nSPS) is 11.9. The Labute approximate surface area is 103 Å². The standard InChI is InChI=1S/C12H13FO5/c1-18-10-3-2-9(13)5-7(10)4-8(12(16)17)6-11(14)15/h2-3,5,8H,4,6H2,1H3,(H,14,15)(H,16,17). The molecule has 98 valence electrons. The zero-order chi connectivity index (χ0) is 13.7. The highest BCUT2D eigenvalue weighted by Crippen LogP contribution is 2.24. The van der Waals surface area contributed by atoms with Crippen LogP contribution in [0.3, 0.4) is 0 Å². The van der Waals surface area contributed by atoms with Gasteiger partial charge >= 0.3 is 11.9 Å². The number of benzene rings is 1. The Kier molecular flexibility index (Phi) is 4.65. The predicted molar refractivity (Wildman–Crippen MR) is 60.0 cm³/mol. The number of ether oxygens (including phenoxy) is 1. The summed E-state index contributed by atoms with van der Waals surface area (Å²) in [6.07, 6.45) is -0.614. The van der Waals surface area contributed by atoms with E-state index in [0.717, 1.165) is 6.07 Å². The number of hydrogen-bond donors (Lipinski definition) is 2. The molecule has 0 aliphatic carbocycles. The Morgan fingerprint density at radius 1 is 1.39 bits per heavy atom. The van der Waals surface area contributed by atoms with Gasteiger partial charge in [-0.15, -0.1) is 0 Å². The van der Waals surface area contributed by atoms with E-state index < -0.39 is 30.1 Å². The molecule has 5 nitrogen and oxygen atoms in total. The van der Waals surface area contributed by atoms with Gasteiger partial charge in [-0.25, -0.2) is 4.39 Å². The molecule has 0 heterocycles. The molecule has 0 amide bonds. The zero-order valence-corrected chi connectivity index (χ0v) is 9.72. The van der Waals surface area contributed by atoms with Crippen molar-refractivity contribution in [2.75, 3.05) is 7.11 Å². The van der Waals surface area contributed by atoms with Crippen molar-refractivity contribution in [3.63, 3.8) is 0 Å². The predicted octanol–water partition coefficient (Wildman–Crippen LogP) is 1.55. The summed E-state index contributed by atoms with van der Waals surface area (Å²) < 4.78 is 18.1. The topological polar surface area (TPSA) is 83.8 Å². The molecule has 1 atom stereocenters. The first kappa shape index (κ1) is 14.0. The first-order valence-electron chi connectivity index (χ1n) is 5.21. The highest BCUT2D eigenvalue weighted by molar-refractivity contribution is 5.78. The van der Waals surface area contributed by atoms with Crippen LogP contribution in [0.5, 0.6) is 5.75 Å². The number of hydrogen-bond acceptors (Lipinski definition) is 3. The van der Waals surface area contributed by atoms with Crippen molar-refractivity contribution in [3.05, 3.63) is 29.6 Å². The van der Waals surface area contributed by atoms with Crippen molar-refractivity contribution in [3.8, 4) is 5.75 Å². The smallest absolute Gasteiger partial charge is 0.307 e. The number of halogens is 1. The van der Waals surface area contributed by atoms with Crippen LogP contribution in [0.25, 0.3) is 0 Å². The maximum Gasteiger partial charge on any atom is 0.307 e. The summed E-state index contributed by atoms with van der Waals surface area (Å²) in [6.45, 7) is 0. The summed E-state index contributed by atoms with van der Waals surface area (Å²) in [5.74, 6) is -3.74. The number of carboxylic acids is 2. The molecular weight excluding hydrogens is 243 g/mol. The first-order valence-corrected chi connectivity index (χ1v) is 5.21. The lowest BCUT2D eigenvalue weighted by atomic mass is 9.95.